The van der Waals surface area contributed by atoms with Gasteiger partial charge in [0.15, 0.2) is 5.75 Å². The number of fused-ring (bicyclic) bond motifs is 2. The Labute approximate surface area is 161 Å². The van der Waals surface area contributed by atoms with E-state index < -0.39 is 0 Å². The van der Waals surface area contributed by atoms with Gasteiger partial charge in [0.1, 0.15) is 11.4 Å². The summed E-state index contributed by atoms with van der Waals surface area (Å²) in [5.74, 6) is 1.16. The molecule has 1 aliphatic rings. The molecular formula is C22H17NO3S. The fraction of sp³-hybridized carbons (Fsp3) is 0.0909. The van der Waals surface area contributed by atoms with Crippen molar-refractivity contribution in [3.8, 4) is 11.5 Å². The maximum absolute atomic E-state index is 11.7. The highest BCUT2D eigenvalue weighted by atomic mass is 32.2. The van der Waals surface area contributed by atoms with E-state index in [0.717, 1.165) is 38.9 Å². The molecule has 0 aliphatic carbocycles. The normalized spacial score (nSPS) is 12.1. The molecule has 0 fully saturated rings. The van der Waals surface area contributed by atoms with Crippen molar-refractivity contribution in [1.29, 1.82) is 0 Å². The van der Waals surface area contributed by atoms with Crippen molar-refractivity contribution in [1.82, 2.24) is 0 Å². The number of methoxy groups -OCH3 is 1. The maximum atomic E-state index is 11.7. The Hall–Kier alpha value is -3.05. The second-order valence-corrected chi connectivity index (χ2v) is 6.78. The van der Waals surface area contributed by atoms with Gasteiger partial charge in [-0.25, -0.2) is 9.79 Å². The van der Waals surface area contributed by atoms with E-state index in [2.05, 4.69) is 0 Å². The van der Waals surface area contributed by atoms with Gasteiger partial charge in [0.05, 0.1) is 23.3 Å². The lowest BCUT2D eigenvalue weighted by Gasteiger charge is -2.13. The second-order valence-electron chi connectivity index (χ2n) is 5.94. The van der Waals surface area contributed by atoms with E-state index in [1.807, 2.05) is 60.9 Å². The summed E-state index contributed by atoms with van der Waals surface area (Å²) in [6.45, 7) is 0. The third-order valence-electron chi connectivity index (χ3n) is 4.34. The number of hydrogen-bond donors (Lipinski definition) is 0. The number of nitrogens with zero attached hydrogens (tertiary/aromatic N) is 1. The van der Waals surface area contributed by atoms with Crippen LogP contribution >= 0.6 is 11.8 Å². The average molecular weight is 375 g/mol. The summed E-state index contributed by atoms with van der Waals surface area (Å²) in [7, 11) is 1.38. The van der Waals surface area contributed by atoms with Gasteiger partial charge in [-0.15, -0.1) is 11.8 Å². The zero-order valence-electron chi connectivity index (χ0n) is 14.9. The lowest BCUT2D eigenvalue weighted by Crippen LogP contribution is -2.06. The molecule has 5 heteroatoms. The summed E-state index contributed by atoms with van der Waals surface area (Å²) in [6, 6.07) is 21.0. The van der Waals surface area contributed by atoms with Crippen LogP contribution in [0.2, 0.25) is 0 Å². The van der Waals surface area contributed by atoms with Crippen LogP contribution in [0.25, 0.3) is 0 Å². The highest BCUT2D eigenvalue weighted by molar-refractivity contribution is 7.98. The van der Waals surface area contributed by atoms with E-state index in [1.54, 1.807) is 23.9 Å². The molecule has 4 nitrogen and oxygen atoms in total. The van der Waals surface area contributed by atoms with Gasteiger partial charge in [-0.05, 0) is 42.7 Å². The van der Waals surface area contributed by atoms with Crippen LogP contribution in [0.1, 0.15) is 21.5 Å². The van der Waals surface area contributed by atoms with E-state index in [0.29, 0.717) is 5.56 Å². The quantitative estimate of drug-likeness (QED) is 0.352. The molecule has 1 aliphatic heterocycles. The summed E-state index contributed by atoms with van der Waals surface area (Å²) in [5.41, 5.74) is 3.91. The van der Waals surface area contributed by atoms with Crippen molar-refractivity contribution in [3.05, 3.63) is 83.4 Å². The van der Waals surface area contributed by atoms with E-state index in [9.17, 15) is 4.79 Å². The molecule has 0 bridgehead atoms. The molecular weight excluding hydrogens is 358 g/mol. The molecule has 0 amide bonds. The smallest absolute Gasteiger partial charge is 0.337 e. The Morgan fingerprint density at radius 3 is 2.52 bits per heavy atom. The van der Waals surface area contributed by atoms with Crippen molar-refractivity contribution in [2.45, 2.75) is 4.90 Å². The Kier molecular flexibility index (Phi) is 4.69. The van der Waals surface area contributed by atoms with Crippen LogP contribution in [0, 0.1) is 0 Å². The van der Waals surface area contributed by atoms with Crippen LogP contribution in [-0.2, 0) is 4.74 Å². The molecule has 134 valence electrons. The summed E-state index contributed by atoms with van der Waals surface area (Å²) in [6.07, 6.45) is 2.03. The Bertz CT molecular complexity index is 1040. The van der Waals surface area contributed by atoms with E-state index in [-0.39, 0.29) is 5.97 Å². The molecule has 0 saturated carbocycles. The monoisotopic (exact) mass is 375 g/mol. The SMILES string of the molecule is COC(=O)c1ccc(C2=Nc3ccccc3Oc3c(SC)cccc32)cc1. The Morgan fingerprint density at radius 1 is 1.00 bits per heavy atom. The molecule has 0 unspecified atom stereocenters. The van der Waals surface area contributed by atoms with Gasteiger partial charge in [0.25, 0.3) is 0 Å². The summed E-state index contributed by atoms with van der Waals surface area (Å²) in [5, 5.41) is 0. The summed E-state index contributed by atoms with van der Waals surface area (Å²) < 4.78 is 11.0. The number of aliphatic imine (C=N–C) groups is 1. The fourth-order valence-electron chi connectivity index (χ4n) is 3.00. The number of para-hydroxylation sites is 3. The number of ether oxygens (including phenoxy) is 2. The van der Waals surface area contributed by atoms with Crippen molar-refractivity contribution in [2.24, 2.45) is 4.99 Å². The van der Waals surface area contributed by atoms with Gasteiger partial charge < -0.3 is 9.47 Å². The third-order valence-corrected chi connectivity index (χ3v) is 5.10. The standard InChI is InChI=1S/C22H17NO3S/c1-25-22(24)15-12-10-14(11-13-15)20-16-6-5-9-19(27-2)21(16)26-18-8-4-3-7-17(18)23-20/h3-13H,1-2H3. The Balaban J connectivity index is 1.91. The number of benzene rings is 3. The van der Waals surface area contributed by atoms with Crippen LogP contribution < -0.4 is 4.74 Å². The molecule has 0 N–H and O–H groups in total. The molecule has 3 aromatic rings. The van der Waals surface area contributed by atoms with E-state index in [1.165, 1.54) is 7.11 Å². The number of thioether (sulfide) groups is 1. The molecule has 27 heavy (non-hydrogen) atoms. The zero-order chi connectivity index (χ0) is 18.8. The van der Waals surface area contributed by atoms with Crippen LogP contribution in [0.5, 0.6) is 11.5 Å². The van der Waals surface area contributed by atoms with Crippen LogP contribution in [0.3, 0.4) is 0 Å². The predicted octanol–water partition coefficient (Wildman–Crippen LogP) is 5.47. The largest absolute Gasteiger partial charge is 0.465 e. The molecule has 0 spiro atoms. The van der Waals surface area contributed by atoms with Gasteiger partial charge in [-0.2, -0.15) is 0 Å². The number of rotatable bonds is 3. The summed E-state index contributed by atoms with van der Waals surface area (Å²) in [4.78, 5) is 17.7. The lowest BCUT2D eigenvalue weighted by molar-refractivity contribution is 0.0600. The minimum atomic E-state index is -0.358. The number of carbonyl (C=O) groups is 1. The minimum absolute atomic E-state index is 0.358. The van der Waals surface area contributed by atoms with E-state index >= 15 is 0 Å². The Morgan fingerprint density at radius 2 is 1.78 bits per heavy atom. The first kappa shape index (κ1) is 17.4. The number of carbonyl (C=O) groups excluding carboxylic acids is 1. The number of hydrogen-bond acceptors (Lipinski definition) is 5. The van der Waals surface area contributed by atoms with Crippen molar-refractivity contribution in [3.63, 3.8) is 0 Å². The number of esters is 1. The predicted molar refractivity (Wildman–Crippen MR) is 108 cm³/mol. The first-order valence-corrected chi connectivity index (χ1v) is 9.65. The molecule has 0 radical (unpaired) electrons. The van der Waals surface area contributed by atoms with Crippen molar-refractivity contribution >= 4 is 29.1 Å². The fourth-order valence-corrected chi connectivity index (χ4v) is 3.55. The molecule has 1 heterocycles. The van der Waals surface area contributed by atoms with Crippen molar-refractivity contribution in [2.75, 3.05) is 13.4 Å². The van der Waals surface area contributed by atoms with Gasteiger partial charge in [-0.1, -0.05) is 30.3 Å². The van der Waals surface area contributed by atoms with Crippen LogP contribution in [-0.4, -0.2) is 25.0 Å². The molecule has 3 aromatic carbocycles. The minimum Gasteiger partial charge on any atom is -0.465 e. The maximum Gasteiger partial charge on any atom is 0.337 e. The summed E-state index contributed by atoms with van der Waals surface area (Å²) >= 11 is 1.63. The van der Waals surface area contributed by atoms with Crippen molar-refractivity contribution < 1.29 is 14.3 Å². The van der Waals surface area contributed by atoms with E-state index in [4.69, 9.17) is 14.5 Å². The van der Waals surface area contributed by atoms with Gasteiger partial charge in [0, 0.05) is 11.1 Å². The lowest BCUT2D eigenvalue weighted by atomic mass is 10.00. The first-order chi connectivity index (χ1) is 13.2. The van der Waals surface area contributed by atoms with Crippen LogP contribution in [0.4, 0.5) is 5.69 Å². The third kappa shape index (κ3) is 3.22. The first-order valence-electron chi connectivity index (χ1n) is 8.43. The van der Waals surface area contributed by atoms with Gasteiger partial charge in [-0.3, -0.25) is 0 Å². The highest BCUT2D eigenvalue weighted by Gasteiger charge is 2.22. The molecule has 4 rings (SSSR count). The second kappa shape index (κ2) is 7.29. The van der Waals surface area contributed by atoms with Gasteiger partial charge >= 0.3 is 5.97 Å². The molecule has 0 atom stereocenters. The molecule has 0 saturated heterocycles. The average Bonchev–Trinajstić information content (AvgIpc) is 2.90. The highest BCUT2D eigenvalue weighted by Crippen LogP contribution is 2.42. The van der Waals surface area contributed by atoms with Crippen LogP contribution in [0.15, 0.2) is 76.6 Å². The van der Waals surface area contributed by atoms with Gasteiger partial charge in [0.2, 0.25) is 0 Å². The topological polar surface area (TPSA) is 47.9 Å². The molecule has 0 aromatic heterocycles. The zero-order valence-corrected chi connectivity index (χ0v) is 15.7.